The lowest BCUT2D eigenvalue weighted by molar-refractivity contribution is -0.141. The summed E-state index contributed by atoms with van der Waals surface area (Å²) in [7, 11) is 3.16. The number of benzene rings is 1. The van der Waals surface area contributed by atoms with Crippen molar-refractivity contribution in [1.82, 2.24) is 4.90 Å². The number of nitrogens with one attached hydrogen (secondary N) is 1. The molecular weight excluding hydrogens is 244 g/mol. The Morgan fingerprint density at radius 1 is 1.32 bits per heavy atom. The van der Waals surface area contributed by atoms with Crippen LogP contribution in [0.15, 0.2) is 30.3 Å². The Balaban J connectivity index is 2.45. The van der Waals surface area contributed by atoms with Gasteiger partial charge in [-0.15, -0.1) is 0 Å². The molecule has 5 nitrogen and oxygen atoms in total. The van der Waals surface area contributed by atoms with E-state index in [-0.39, 0.29) is 24.3 Å². The molecule has 0 saturated carbocycles. The fourth-order valence-corrected chi connectivity index (χ4v) is 1.53. The summed E-state index contributed by atoms with van der Waals surface area (Å²) in [6, 6.07) is 8.97. The summed E-state index contributed by atoms with van der Waals surface area (Å²) in [5.74, 6) is -0.374. The zero-order valence-electron chi connectivity index (χ0n) is 11.6. The molecule has 0 radical (unpaired) electrons. The van der Waals surface area contributed by atoms with Crippen molar-refractivity contribution in [3.05, 3.63) is 30.3 Å². The molecule has 1 unspecified atom stereocenters. The van der Waals surface area contributed by atoms with E-state index in [0.717, 1.165) is 5.69 Å². The molecule has 0 bridgehead atoms. The number of hydrogen-bond donors (Lipinski definition) is 1. The molecule has 0 aliphatic heterocycles. The van der Waals surface area contributed by atoms with Crippen LogP contribution in [0.3, 0.4) is 0 Å². The molecule has 1 rings (SSSR count). The van der Waals surface area contributed by atoms with Gasteiger partial charge in [-0.05, 0) is 26.1 Å². The summed E-state index contributed by atoms with van der Waals surface area (Å²) in [6.45, 7) is 2.28. The molecule has 1 aromatic carbocycles. The van der Waals surface area contributed by atoms with E-state index >= 15 is 0 Å². The van der Waals surface area contributed by atoms with Gasteiger partial charge < -0.3 is 10.1 Å². The zero-order valence-corrected chi connectivity index (χ0v) is 11.6. The standard InChI is InChI=1S/C14H20N2O3/c1-11(16(2)10-9-13(17)19-3)14(18)15-12-7-5-4-6-8-12/h4-8,11H,9-10H2,1-3H3,(H,15,18). The van der Waals surface area contributed by atoms with Crippen LogP contribution in [0.2, 0.25) is 0 Å². The topological polar surface area (TPSA) is 58.6 Å². The summed E-state index contributed by atoms with van der Waals surface area (Å²) in [4.78, 5) is 24.9. The van der Waals surface area contributed by atoms with E-state index in [0.29, 0.717) is 6.54 Å². The van der Waals surface area contributed by atoms with Crippen LogP contribution in [0.4, 0.5) is 5.69 Å². The maximum absolute atomic E-state index is 12.0. The number of likely N-dealkylation sites (N-methyl/N-ethyl adjacent to an activating group) is 1. The molecule has 0 heterocycles. The normalized spacial score (nSPS) is 12.0. The van der Waals surface area contributed by atoms with Gasteiger partial charge in [0.25, 0.3) is 0 Å². The molecule has 0 saturated heterocycles. The summed E-state index contributed by atoms with van der Waals surface area (Å²) in [5, 5.41) is 2.83. The van der Waals surface area contributed by atoms with Crippen molar-refractivity contribution >= 4 is 17.6 Å². The van der Waals surface area contributed by atoms with Crippen LogP contribution in [-0.2, 0) is 14.3 Å². The van der Waals surface area contributed by atoms with Gasteiger partial charge in [-0.1, -0.05) is 18.2 Å². The van der Waals surface area contributed by atoms with E-state index in [1.807, 2.05) is 35.2 Å². The average molecular weight is 264 g/mol. The fourth-order valence-electron chi connectivity index (χ4n) is 1.53. The highest BCUT2D eigenvalue weighted by Crippen LogP contribution is 2.07. The van der Waals surface area contributed by atoms with Crippen molar-refractivity contribution in [1.29, 1.82) is 0 Å². The number of nitrogens with zero attached hydrogens (tertiary/aromatic N) is 1. The third kappa shape index (κ3) is 5.09. The summed E-state index contributed by atoms with van der Waals surface area (Å²) < 4.78 is 4.57. The van der Waals surface area contributed by atoms with Gasteiger partial charge in [0.2, 0.25) is 5.91 Å². The highest BCUT2D eigenvalue weighted by Gasteiger charge is 2.18. The Labute approximate surface area is 113 Å². The van der Waals surface area contributed by atoms with Crippen LogP contribution in [0, 0.1) is 0 Å². The van der Waals surface area contributed by atoms with Gasteiger partial charge in [-0.2, -0.15) is 0 Å². The van der Waals surface area contributed by atoms with Crippen molar-refractivity contribution in [3.8, 4) is 0 Å². The van der Waals surface area contributed by atoms with Crippen molar-refractivity contribution in [3.63, 3.8) is 0 Å². The zero-order chi connectivity index (χ0) is 14.3. The summed E-state index contributed by atoms with van der Waals surface area (Å²) in [6.07, 6.45) is 0.274. The highest BCUT2D eigenvalue weighted by molar-refractivity contribution is 5.94. The van der Waals surface area contributed by atoms with Gasteiger partial charge >= 0.3 is 5.97 Å². The minimum absolute atomic E-state index is 0.0986. The highest BCUT2D eigenvalue weighted by atomic mass is 16.5. The van der Waals surface area contributed by atoms with E-state index < -0.39 is 0 Å². The average Bonchev–Trinajstić information content (AvgIpc) is 2.44. The molecular formula is C14H20N2O3. The number of carbonyl (C=O) groups excluding carboxylic acids is 2. The molecule has 1 atom stereocenters. The van der Waals surface area contributed by atoms with Gasteiger partial charge in [0.15, 0.2) is 0 Å². The molecule has 1 amide bonds. The number of para-hydroxylation sites is 1. The van der Waals surface area contributed by atoms with E-state index in [4.69, 9.17) is 0 Å². The predicted molar refractivity (Wildman–Crippen MR) is 73.8 cm³/mol. The van der Waals surface area contributed by atoms with E-state index in [2.05, 4.69) is 10.1 Å². The molecule has 19 heavy (non-hydrogen) atoms. The van der Waals surface area contributed by atoms with Crippen LogP contribution in [0.5, 0.6) is 0 Å². The smallest absolute Gasteiger partial charge is 0.306 e. The number of anilines is 1. The summed E-state index contributed by atoms with van der Waals surface area (Å²) in [5.41, 5.74) is 0.765. The maximum atomic E-state index is 12.0. The number of ether oxygens (including phenoxy) is 1. The van der Waals surface area contributed by atoms with Gasteiger partial charge in [-0.25, -0.2) is 0 Å². The van der Waals surface area contributed by atoms with E-state index in [1.54, 1.807) is 14.0 Å². The number of methoxy groups -OCH3 is 1. The Morgan fingerprint density at radius 2 is 1.95 bits per heavy atom. The second-order valence-electron chi connectivity index (χ2n) is 4.34. The number of hydrogen-bond acceptors (Lipinski definition) is 4. The van der Waals surface area contributed by atoms with Crippen LogP contribution < -0.4 is 5.32 Å². The first-order valence-corrected chi connectivity index (χ1v) is 6.17. The van der Waals surface area contributed by atoms with Crippen LogP contribution in [0.1, 0.15) is 13.3 Å². The molecule has 1 aromatic rings. The van der Waals surface area contributed by atoms with Crippen LogP contribution in [-0.4, -0.2) is 43.5 Å². The third-order valence-electron chi connectivity index (χ3n) is 2.98. The van der Waals surface area contributed by atoms with Gasteiger partial charge in [-0.3, -0.25) is 14.5 Å². The first kappa shape index (κ1) is 15.2. The Morgan fingerprint density at radius 3 is 2.53 bits per heavy atom. The summed E-state index contributed by atoms with van der Waals surface area (Å²) >= 11 is 0. The van der Waals surface area contributed by atoms with Crippen molar-refractivity contribution < 1.29 is 14.3 Å². The van der Waals surface area contributed by atoms with Gasteiger partial charge in [0.1, 0.15) is 0 Å². The van der Waals surface area contributed by atoms with Gasteiger partial charge in [0.05, 0.1) is 19.6 Å². The molecule has 0 aromatic heterocycles. The van der Waals surface area contributed by atoms with E-state index in [9.17, 15) is 9.59 Å². The van der Waals surface area contributed by atoms with Gasteiger partial charge in [0, 0.05) is 12.2 Å². The first-order chi connectivity index (χ1) is 9.04. The molecule has 0 aliphatic carbocycles. The van der Waals surface area contributed by atoms with E-state index in [1.165, 1.54) is 7.11 Å². The second-order valence-corrected chi connectivity index (χ2v) is 4.34. The number of carbonyl (C=O) groups is 2. The third-order valence-corrected chi connectivity index (χ3v) is 2.98. The second kappa shape index (κ2) is 7.53. The fraction of sp³-hybridized carbons (Fsp3) is 0.429. The van der Waals surface area contributed by atoms with Crippen molar-refractivity contribution in [2.45, 2.75) is 19.4 Å². The van der Waals surface area contributed by atoms with Crippen molar-refractivity contribution in [2.75, 3.05) is 26.0 Å². The number of amides is 1. The minimum Gasteiger partial charge on any atom is -0.469 e. The minimum atomic E-state index is -0.315. The molecule has 0 fully saturated rings. The molecule has 0 aliphatic rings. The predicted octanol–water partition coefficient (Wildman–Crippen LogP) is 1.51. The van der Waals surface area contributed by atoms with Crippen molar-refractivity contribution in [2.24, 2.45) is 0 Å². The largest absolute Gasteiger partial charge is 0.469 e. The monoisotopic (exact) mass is 264 g/mol. The molecule has 0 spiro atoms. The van der Waals surface area contributed by atoms with Crippen LogP contribution >= 0.6 is 0 Å². The number of rotatable bonds is 6. The van der Waals surface area contributed by atoms with Crippen LogP contribution in [0.25, 0.3) is 0 Å². The number of esters is 1. The lowest BCUT2D eigenvalue weighted by atomic mass is 10.2. The maximum Gasteiger partial charge on any atom is 0.306 e. The Hall–Kier alpha value is -1.88. The quantitative estimate of drug-likeness (QED) is 0.791. The SMILES string of the molecule is COC(=O)CCN(C)C(C)C(=O)Nc1ccccc1. The molecule has 104 valence electrons. The Kier molecular flexibility index (Phi) is 6.02. The Bertz CT molecular complexity index is 420. The lowest BCUT2D eigenvalue weighted by Crippen LogP contribution is -2.40. The molecule has 1 N–H and O–H groups in total. The first-order valence-electron chi connectivity index (χ1n) is 6.17. The lowest BCUT2D eigenvalue weighted by Gasteiger charge is -2.23. The molecule has 5 heteroatoms.